The van der Waals surface area contributed by atoms with Crippen molar-refractivity contribution < 1.29 is 23.8 Å². The van der Waals surface area contributed by atoms with Gasteiger partial charge in [0.2, 0.25) is 0 Å². The molecule has 30 heavy (non-hydrogen) atoms. The van der Waals surface area contributed by atoms with Crippen LogP contribution in [-0.4, -0.2) is 51.4 Å². The van der Waals surface area contributed by atoms with Gasteiger partial charge >= 0.3 is 5.97 Å². The molecule has 160 valence electrons. The summed E-state index contributed by atoms with van der Waals surface area (Å²) in [5.74, 6) is -0.0854. The average Bonchev–Trinajstić information content (AvgIpc) is 2.79. The van der Waals surface area contributed by atoms with Crippen LogP contribution in [0.4, 0.5) is 11.4 Å². The first kappa shape index (κ1) is 21.6. The third-order valence-corrected chi connectivity index (χ3v) is 5.03. The minimum atomic E-state index is -0.456. The van der Waals surface area contributed by atoms with E-state index in [1.807, 2.05) is 26.0 Å². The highest BCUT2D eigenvalue weighted by molar-refractivity contribution is 6.07. The molecule has 1 aliphatic heterocycles. The highest BCUT2D eigenvalue weighted by Crippen LogP contribution is 2.29. The number of hydrogen-bond acceptors (Lipinski definition) is 6. The minimum absolute atomic E-state index is 0.0629. The lowest BCUT2D eigenvalue weighted by Crippen LogP contribution is -2.36. The largest absolute Gasteiger partial charge is 0.491 e. The monoisotopic (exact) mass is 412 g/mol. The molecule has 0 aliphatic carbocycles. The molecule has 7 nitrogen and oxygen atoms in total. The van der Waals surface area contributed by atoms with Gasteiger partial charge in [-0.3, -0.25) is 4.79 Å². The zero-order valence-electron chi connectivity index (χ0n) is 17.6. The summed E-state index contributed by atoms with van der Waals surface area (Å²) in [6, 6.07) is 12.3. The molecular weight excluding hydrogens is 384 g/mol. The Kier molecular flexibility index (Phi) is 7.30. The predicted molar refractivity (Wildman–Crippen MR) is 116 cm³/mol. The van der Waals surface area contributed by atoms with Crippen LogP contribution in [-0.2, 0) is 9.47 Å². The first-order valence-corrected chi connectivity index (χ1v) is 10.1. The molecule has 1 heterocycles. The van der Waals surface area contributed by atoms with Gasteiger partial charge in [-0.1, -0.05) is 13.0 Å². The van der Waals surface area contributed by atoms with Gasteiger partial charge in [-0.15, -0.1) is 0 Å². The average molecular weight is 412 g/mol. The number of morpholine rings is 1. The van der Waals surface area contributed by atoms with Crippen molar-refractivity contribution in [2.75, 3.05) is 43.6 Å². The Balaban J connectivity index is 1.87. The summed E-state index contributed by atoms with van der Waals surface area (Å²) in [6.45, 7) is 6.67. The summed E-state index contributed by atoms with van der Waals surface area (Å²) in [5, 5.41) is 2.95. The standard InChI is InChI=1S/C23H28N2O5/c1-4-16(2)30-19-7-5-6-17(14-19)22(26)24-20-15-18(23(27)28-3)8-9-21(20)25-10-12-29-13-11-25/h5-9,14-16H,4,10-13H2,1-3H3,(H,24,26). The van der Waals surface area contributed by atoms with Gasteiger partial charge < -0.3 is 24.4 Å². The van der Waals surface area contributed by atoms with Crippen LogP contribution in [0, 0.1) is 0 Å². The number of rotatable bonds is 7. The molecule has 1 unspecified atom stereocenters. The van der Waals surface area contributed by atoms with E-state index in [9.17, 15) is 9.59 Å². The van der Waals surface area contributed by atoms with Crippen LogP contribution in [0.2, 0.25) is 0 Å². The van der Waals surface area contributed by atoms with E-state index in [0.717, 1.165) is 12.1 Å². The van der Waals surface area contributed by atoms with Gasteiger partial charge in [0, 0.05) is 18.7 Å². The van der Waals surface area contributed by atoms with Gasteiger partial charge in [-0.05, 0) is 49.7 Å². The summed E-state index contributed by atoms with van der Waals surface area (Å²) in [6.07, 6.45) is 0.938. The lowest BCUT2D eigenvalue weighted by molar-refractivity contribution is 0.0600. The third kappa shape index (κ3) is 5.30. The van der Waals surface area contributed by atoms with E-state index in [0.29, 0.717) is 48.9 Å². The van der Waals surface area contributed by atoms with Gasteiger partial charge in [0.05, 0.1) is 43.4 Å². The number of anilines is 2. The van der Waals surface area contributed by atoms with Crippen molar-refractivity contribution in [3.63, 3.8) is 0 Å². The summed E-state index contributed by atoms with van der Waals surface area (Å²) >= 11 is 0. The van der Waals surface area contributed by atoms with E-state index in [2.05, 4.69) is 10.2 Å². The topological polar surface area (TPSA) is 77.1 Å². The Bertz CT molecular complexity index is 893. The fourth-order valence-electron chi connectivity index (χ4n) is 3.18. The van der Waals surface area contributed by atoms with Crippen molar-refractivity contribution in [3.8, 4) is 5.75 Å². The lowest BCUT2D eigenvalue weighted by Gasteiger charge is -2.30. The van der Waals surface area contributed by atoms with Crippen LogP contribution in [0.15, 0.2) is 42.5 Å². The van der Waals surface area contributed by atoms with Gasteiger partial charge in [0.25, 0.3) is 5.91 Å². The fourth-order valence-corrected chi connectivity index (χ4v) is 3.18. The lowest BCUT2D eigenvalue weighted by atomic mass is 10.1. The molecule has 1 N–H and O–H groups in total. The van der Waals surface area contributed by atoms with Crippen LogP contribution in [0.1, 0.15) is 41.0 Å². The van der Waals surface area contributed by atoms with Crippen LogP contribution < -0.4 is 15.0 Å². The van der Waals surface area contributed by atoms with E-state index in [1.165, 1.54) is 7.11 Å². The van der Waals surface area contributed by atoms with Crippen molar-refractivity contribution >= 4 is 23.3 Å². The maximum atomic E-state index is 13.0. The molecule has 3 rings (SSSR count). The maximum absolute atomic E-state index is 13.0. The van der Waals surface area contributed by atoms with Crippen LogP contribution in [0.3, 0.4) is 0 Å². The first-order valence-electron chi connectivity index (χ1n) is 10.1. The van der Waals surface area contributed by atoms with Crippen molar-refractivity contribution in [3.05, 3.63) is 53.6 Å². The Morgan fingerprint density at radius 3 is 2.60 bits per heavy atom. The molecule has 1 atom stereocenters. The van der Waals surface area contributed by atoms with E-state index in [4.69, 9.17) is 14.2 Å². The molecule has 0 aromatic heterocycles. The SMILES string of the molecule is CCC(C)Oc1cccc(C(=O)Nc2cc(C(=O)OC)ccc2N2CCOCC2)c1. The van der Waals surface area contributed by atoms with E-state index >= 15 is 0 Å². The van der Waals surface area contributed by atoms with E-state index in [1.54, 1.807) is 30.3 Å². The Morgan fingerprint density at radius 2 is 1.90 bits per heavy atom. The molecule has 2 aromatic rings. The second-order valence-corrected chi connectivity index (χ2v) is 7.14. The van der Waals surface area contributed by atoms with Crippen LogP contribution in [0.5, 0.6) is 5.75 Å². The van der Waals surface area contributed by atoms with Gasteiger partial charge in [-0.2, -0.15) is 0 Å². The third-order valence-electron chi connectivity index (χ3n) is 5.03. The van der Waals surface area contributed by atoms with Crippen molar-refractivity contribution in [2.45, 2.75) is 26.4 Å². The molecule has 0 saturated carbocycles. The number of carbonyl (C=O) groups is 2. The smallest absolute Gasteiger partial charge is 0.337 e. The summed E-state index contributed by atoms with van der Waals surface area (Å²) in [4.78, 5) is 27.1. The number of benzene rings is 2. The highest BCUT2D eigenvalue weighted by atomic mass is 16.5. The molecule has 1 saturated heterocycles. The molecule has 0 spiro atoms. The Morgan fingerprint density at radius 1 is 1.13 bits per heavy atom. The van der Waals surface area contributed by atoms with E-state index in [-0.39, 0.29) is 12.0 Å². The molecule has 0 radical (unpaired) electrons. The minimum Gasteiger partial charge on any atom is -0.491 e. The number of nitrogens with one attached hydrogen (secondary N) is 1. The molecule has 7 heteroatoms. The molecular formula is C23H28N2O5. The second kappa shape index (κ2) is 10.1. The highest BCUT2D eigenvalue weighted by Gasteiger charge is 2.19. The fraction of sp³-hybridized carbons (Fsp3) is 0.391. The maximum Gasteiger partial charge on any atom is 0.337 e. The summed E-state index contributed by atoms with van der Waals surface area (Å²) in [5.41, 5.74) is 2.25. The van der Waals surface area contributed by atoms with Gasteiger partial charge in [0.1, 0.15) is 5.75 Å². The second-order valence-electron chi connectivity index (χ2n) is 7.14. The number of methoxy groups -OCH3 is 1. The van der Waals surface area contributed by atoms with E-state index < -0.39 is 5.97 Å². The molecule has 1 amide bonds. The van der Waals surface area contributed by atoms with Crippen molar-refractivity contribution in [1.82, 2.24) is 0 Å². The quantitative estimate of drug-likeness (QED) is 0.698. The van der Waals surface area contributed by atoms with Crippen molar-refractivity contribution in [1.29, 1.82) is 0 Å². The number of esters is 1. The van der Waals surface area contributed by atoms with Gasteiger partial charge in [0.15, 0.2) is 0 Å². The number of carbonyl (C=O) groups excluding carboxylic acids is 2. The normalized spacial score (nSPS) is 14.7. The molecule has 2 aromatic carbocycles. The number of ether oxygens (including phenoxy) is 3. The Hall–Kier alpha value is -3.06. The predicted octanol–water partition coefficient (Wildman–Crippen LogP) is 3.74. The zero-order chi connectivity index (χ0) is 21.5. The Labute approximate surface area is 176 Å². The van der Waals surface area contributed by atoms with Crippen LogP contribution >= 0.6 is 0 Å². The zero-order valence-corrected chi connectivity index (χ0v) is 17.6. The molecule has 1 fully saturated rings. The summed E-state index contributed by atoms with van der Waals surface area (Å²) in [7, 11) is 1.33. The number of nitrogens with zero attached hydrogens (tertiary/aromatic N) is 1. The molecule has 1 aliphatic rings. The first-order chi connectivity index (χ1) is 14.5. The molecule has 0 bridgehead atoms. The number of hydrogen-bond donors (Lipinski definition) is 1. The van der Waals surface area contributed by atoms with Crippen LogP contribution in [0.25, 0.3) is 0 Å². The van der Waals surface area contributed by atoms with Gasteiger partial charge in [-0.25, -0.2) is 4.79 Å². The number of amides is 1. The van der Waals surface area contributed by atoms with Crippen molar-refractivity contribution in [2.24, 2.45) is 0 Å². The summed E-state index contributed by atoms with van der Waals surface area (Å²) < 4.78 is 16.1.